The molecule has 0 atom stereocenters. The predicted octanol–water partition coefficient (Wildman–Crippen LogP) is 4.64. The maximum atomic E-state index is 6.17. The molecule has 1 aromatic heterocycles. The molecule has 21 heavy (non-hydrogen) atoms. The molecule has 0 bridgehead atoms. The standard InChI is InChI=1S/C19H14N2/c20-17-9-2-1-7-15(17)16-8-3-5-13-10-11-14-6-4-12-21-19(14)18(13)16/h1-12H,20H2. The molecule has 0 aliphatic heterocycles. The van der Waals surface area contributed by atoms with Gasteiger partial charge >= 0.3 is 0 Å². The number of fused-ring (bicyclic) bond motifs is 3. The highest BCUT2D eigenvalue weighted by molar-refractivity contribution is 6.13. The van der Waals surface area contributed by atoms with Gasteiger partial charge in [0.2, 0.25) is 0 Å². The first-order valence-corrected chi connectivity index (χ1v) is 6.96. The zero-order valence-corrected chi connectivity index (χ0v) is 11.5. The summed E-state index contributed by atoms with van der Waals surface area (Å²) >= 11 is 0. The van der Waals surface area contributed by atoms with Crippen LogP contribution in [0.4, 0.5) is 5.69 Å². The smallest absolute Gasteiger partial charge is 0.0786 e. The number of benzene rings is 3. The van der Waals surface area contributed by atoms with Gasteiger partial charge in [-0.25, -0.2) is 0 Å². The van der Waals surface area contributed by atoms with Gasteiger partial charge in [0.05, 0.1) is 5.52 Å². The molecule has 0 unspecified atom stereocenters. The maximum absolute atomic E-state index is 6.17. The second-order valence-electron chi connectivity index (χ2n) is 5.13. The van der Waals surface area contributed by atoms with Crippen LogP contribution < -0.4 is 5.73 Å². The molecule has 2 nitrogen and oxygen atoms in total. The minimum atomic E-state index is 0.790. The third-order valence-corrected chi connectivity index (χ3v) is 3.87. The van der Waals surface area contributed by atoms with E-state index in [-0.39, 0.29) is 0 Å². The van der Waals surface area contributed by atoms with Gasteiger partial charge in [-0.2, -0.15) is 0 Å². The highest BCUT2D eigenvalue weighted by Crippen LogP contribution is 2.35. The maximum Gasteiger partial charge on any atom is 0.0786 e. The average Bonchev–Trinajstić information content (AvgIpc) is 2.54. The quantitative estimate of drug-likeness (QED) is 0.404. The van der Waals surface area contributed by atoms with Gasteiger partial charge in [-0.05, 0) is 23.1 Å². The third-order valence-electron chi connectivity index (χ3n) is 3.87. The number of para-hydroxylation sites is 1. The molecular formula is C19H14N2. The fraction of sp³-hybridized carbons (Fsp3) is 0. The number of hydrogen-bond acceptors (Lipinski definition) is 2. The van der Waals surface area contributed by atoms with Crippen LogP contribution in [-0.4, -0.2) is 4.98 Å². The van der Waals surface area contributed by atoms with E-state index in [0.717, 1.165) is 33.1 Å². The Labute approximate surface area is 122 Å². The zero-order chi connectivity index (χ0) is 14.2. The molecule has 0 aliphatic rings. The lowest BCUT2D eigenvalue weighted by Crippen LogP contribution is -1.91. The van der Waals surface area contributed by atoms with E-state index < -0.39 is 0 Å². The number of pyridine rings is 1. The zero-order valence-electron chi connectivity index (χ0n) is 11.5. The summed E-state index contributed by atoms with van der Waals surface area (Å²) in [7, 11) is 0. The highest BCUT2D eigenvalue weighted by Gasteiger charge is 2.10. The molecular weight excluding hydrogens is 256 g/mol. The van der Waals surface area contributed by atoms with Crippen molar-refractivity contribution >= 4 is 27.4 Å². The number of rotatable bonds is 1. The Balaban J connectivity index is 2.19. The van der Waals surface area contributed by atoms with Gasteiger partial charge in [-0.1, -0.05) is 54.6 Å². The molecule has 4 aromatic rings. The Morgan fingerprint density at radius 3 is 2.33 bits per heavy atom. The Kier molecular flexibility index (Phi) is 2.61. The molecule has 100 valence electrons. The molecule has 4 rings (SSSR count). The first-order chi connectivity index (χ1) is 10.3. The number of nitrogens with two attached hydrogens (primary N) is 1. The van der Waals surface area contributed by atoms with Crippen LogP contribution in [0.2, 0.25) is 0 Å². The summed E-state index contributed by atoms with van der Waals surface area (Å²) in [5.74, 6) is 0. The molecule has 0 saturated carbocycles. The monoisotopic (exact) mass is 270 g/mol. The van der Waals surface area contributed by atoms with Crippen LogP contribution in [0.25, 0.3) is 32.8 Å². The van der Waals surface area contributed by atoms with Crippen molar-refractivity contribution in [2.75, 3.05) is 5.73 Å². The Bertz CT molecular complexity index is 958. The second kappa shape index (κ2) is 4.60. The van der Waals surface area contributed by atoms with E-state index in [1.807, 2.05) is 30.5 Å². The largest absolute Gasteiger partial charge is 0.398 e. The molecule has 2 heteroatoms. The number of aromatic nitrogens is 1. The lowest BCUT2D eigenvalue weighted by atomic mass is 9.95. The average molecular weight is 270 g/mol. The molecule has 0 amide bonds. The SMILES string of the molecule is Nc1ccccc1-c1cccc2ccc3cccnc3c12. The lowest BCUT2D eigenvalue weighted by molar-refractivity contribution is 1.43. The lowest BCUT2D eigenvalue weighted by Gasteiger charge is -2.11. The summed E-state index contributed by atoms with van der Waals surface area (Å²) in [6.45, 7) is 0. The predicted molar refractivity (Wildman–Crippen MR) is 89.1 cm³/mol. The Morgan fingerprint density at radius 1 is 0.667 bits per heavy atom. The van der Waals surface area contributed by atoms with Gasteiger partial charge in [0.25, 0.3) is 0 Å². The third kappa shape index (κ3) is 1.84. The van der Waals surface area contributed by atoms with Crippen molar-refractivity contribution < 1.29 is 0 Å². The summed E-state index contributed by atoms with van der Waals surface area (Å²) in [6.07, 6.45) is 1.84. The number of nitrogens with zero attached hydrogens (tertiary/aromatic N) is 1. The van der Waals surface area contributed by atoms with E-state index in [0.29, 0.717) is 0 Å². The minimum absolute atomic E-state index is 0.790. The topological polar surface area (TPSA) is 38.9 Å². The van der Waals surface area contributed by atoms with Gasteiger partial charge < -0.3 is 5.73 Å². The van der Waals surface area contributed by atoms with Crippen LogP contribution in [0, 0.1) is 0 Å². The van der Waals surface area contributed by atoms with Crippen LogP contribution in [-0.2, 0) is 0 Å². The fourth-order valence-corrected chi connectivity index (χ4v) is 2.88. The van der Waals surface area contributed by atoms with Gasteiger partial charge in [0.1, 0.15) is 0 Å². The van der Waals surface area contributed by atoms with Crippen molar-refractivity contribution in [3.05, 3.63) is 72.9 Å². The van der Waals surface area contributed by atoms with Crippen LogP contribution >= 0.6 is 0 Å². The molecule has 1 heterocycles. The van der Waals surface area contributed by atoms with Crippen LogP contribution in [0.1, 0.15) is 0 Å². The van der Waals surface area contributed by atoms with E-state index in [1.54, 1.807) is 0 Å². The van der Waals surface area contributed by atoms with Crippen molar-refractivity contribution in [2.24, 2.45) is 0 Å². The second-order valence-corrected chi connectivity index (χ2v) is 5.13. The van der Waals surface area contributed by atoms with Crippen LogP contribution in [0.3, 0.4) is 0 Å². The van der Waals surface area contributed by atoms with Crippen molar-refractivity contribution in [3.63, 3.8) is 0 Å². The van der Waals surface area contributed by atoms with E-state index in [2.05, 4.69) is 47.4 Å². The number of anilines is 1. The molecule has 0 fully saturated rings. The van der Waals surface area contributed by atoms with E-state index >= 15 is 0 Å². The Hall–Kier alpha value is -2.87. The summed E-state index contributed by atoms with van der Waals surface area (Å²) in [4.78, 5) is 4.58. The number of nitrogen functional groups attached to an aromatic ring is 1. The van der Waals surface area contributed by atoms with E-state index in [1.165, 1.54) is 5.39 Å². The Morgan fingerprint density at radius 2 is 1.43 bits per heavy atom. The van der Waals surface area contributed by atoms with Crippen molar-refractivity contribution in [2.45, 2.75) is 0 Å². The highest BCUT2D eigenvalue weighted by atomic mass is 14.6. The molecule has 2 N–H and O–H groups in total. The van der Waals surface area contributed by atoms with Crippen LogP contribution in [0.15, 0.2) is 72.9 Å². The first kappa shape index (κ1) is 11.9. The summed E-state index contributed by atoms with van der Waals surface area (Å²) in [5, 5.41) is 3.49. The van der Waals surface area contributed by atoms with Crippen molar-refractivity contribution in [1.82, 2.24) is 4.98 Å². The molecule has 0 spiro atoms. The summed E-state index contributed by atoms with van der Waals surface area (Å²) in [5.41, 5.74) is 10.2. The van der Waals surface area contributed by atoms with Crippen molar-refractivity contribution in [3.8, 4) is 11.1 Å². The molecule has 0 aliphatic carbocycles. The van der Waals surface area contributed by atoms with Gasteiger partial charge in [-0.15, -0.1) is 0 Å². The van der Waals surface area contributed by atoms with E-state index in [4.69, 9.17) is 5.73 Å². The van der Waals surface area contributed by atoms with Gasteiger partial charge in [0.15, 0.2) is 0 Å². The number of hydrogen-bond donors (Lipinski definition) is 1. The van der Waals surface area contributed by atoms with Gasteiger partial charge in [0, 0.05) is 28.2 Å². The van der Waals surface area contributed by atoms with E-state index in [9.17, 15) is 0 Å². The fourth-order valence-electron chi connectivity index (χ4n) is 2.88. The van der Waals surface area contributed by atoms with Crippen LogP contribution in [0.5, 0.6) is 0 Å². The van der Waals surface area contributed by atoms with Crippen molar-refractivity contribution in [1.29, 1.82) is 0 Å². The normalized spacial score (nSPS) is 11.0. The molecule has 0 saturated heterocycles. The summed E-state index contributed by atoms with van der Waals surface area (Å²) in [6, 6.07) is 22.6. The van der Waals surface area contributed by atoms with Gasteiger partial charge in [-0.3, -0.25) is 4.98 Å². The summed E-state index contributed by atoms with van der Waals surface area (Å²) < 4.78 is 0. The first-order valence-electron chi connectivity index (χ1n) is 6.96. The molecule has 0 radical (unpaired) electrons. The minimum Gasteiger partial charge on any atom is -0.398 e. The molecule has 3 aromatic carbocycles.